The monoisotopic (exact) mass is 351 g/mol. The predicted octanol–water partition coefficient (Wildman–Crippen LogP) is 4.46. The minimum Gasteiger partial charge on any atom is -0.494 e. The van der Waals surface area contributed by atoms with Crippen LogP contribution in [0.15, 0.2) is 42.5 Å². The summed E-state index contributed by atoms with van der Waals surface area (Å²) < 4.78 is 5.36. The quantitative estimate of drug-likeness (QED) is 0.470. The Morgan fingerprint density at radius 3 is 2.57 bits per heavy atom. The lowest BCUT2D eigenvalue weighted by molar-refractivity contribution is -0.384. The lowest BCUT2D eigenvalue weighted by Crippen LogP contribution is -2.19. The number of nitrogens with zero attached hydrogens (tertiary/aromatic N) is 1. The summed E-state index contributed by atoms with van der Waals surface area (Å²) in [6.45, 7) is 2.51. The Morgan fingerprint density at radius 2 is 1.96 bits per heavy atom. The Bertz CT molecular complexity index is 722. The van der Waals surface area contributed by atoms with Gasteiger partial charge in [0, 0.05) is 17.8 Å². The number of hydrogen-bond acceptors (Lipinski definition) is 4. The molecule has 0 fully saturated rings. The van der Waals surface area contributed by atoms with Crippen molar-refractivity contribution in [3.8, 4) is 5.75 Å². The number of non-ortho nitro benzene ring substituents is 1. The average molecular weight is 352 g/mol. The van der Waals surface area contributed by atoms with E-state index in [-0.39, 0.29) is 10.8 Å². The van der Waals surface area contributed by atoms with E-state index in [0.717, 1.165) is 11.4 Å². The fraction of sp³-hybridized carbons (Fsp3) is 0.133. The summed E-state index contributed by atoms with van der Waals surface area (Å²) >= 11 is 11.2. The van der Waals surface area contributed by atoms with Crippen molar-refractivity contribution in [3.05, 3.63) is 57.6 Å². The van der Waals surface area contributed by atoms with Gasteiger partial charge in [0.2, 0.25) is 0 Å². The maximum Gasteiger partial charge on any atom is 0.271 e. The second-order valence-electron chi connectivity index (χ2n) is 4.46. The zero-order chi connectivity index (χ0) is 16.8. The van der Waals surface area contributed by atoms with Crippen molar-refractivity contribution < 1.29 is 9.66 Å². The number of nitrogens with one attached hydrogen (secondary N) is 2. The van der Waals surface area contributed by atoms with Gasteiger partial charge in [-0.3, -0.25) is 10.1 Å². The van der Waals surface area contributed by atoms with E-state index in [1.165, 1.54) is 18.2 Å². The van der Waals surface area contributed by atoms with E-state index in [0.29, 0.717) is 17.3 Å². The van der Waals surface area contributed by atoms with Crippen LogP contribution in [0.2, 0.25) is 5.02 Å². The molecule has 6 nitrogen and oxygen atoms in total. The van der Waals surface area contributed by atoms with Crippen LogP contribution in [0, 0.1) is 10.1 Å². The Labute approximate surface area is 143 Å². The molecule has 0 heterocycles. The molecule has 0 aliphatic carbocycles. The molecule has 2 aromatic rings. The van der Waals surface area contributed by atoms with E-state index in [9.17, 15) is 10.1 Å². The third-order valence-corrected chi connectivity index (χ3v) is 3.37. The lowest BCUT2D eigenvalue weighted by Gasteiger charge is -2.12. The van der Waals surface area contributed by atoms with Gasteiger partial charge in [-0.15, -0.1) is 0 Å². The maximum atomic E-state index is 10.8. The molecular weight excluding hydrogens is 338 g/mol. The van der Waals surface area contributed by atoms with E-state index in [1.54, 1.807) is 0 Å². The summed E-state index contributed by atoms with van der Waals surface area (Å²) in [7, 11) is 0. The van der Waals surface area contributed by atoms with Crippen LogP contribution < -0.4 is 15.4 Å². The molecule has 0 amide bonds. The molecular formula is C15H14ClN3O3S. The van der Waals surface area contributed by atoms with Gasteiger partial charge in [0.15, 0.2) is 5.11 Å². The third-order valence-electron chi connectivity index (χ3n) is 2.83. The number of thiocarbonyl (C=S) groups is 1. The smallest absolute Gasteiger partial charge is 0.271 e. The SMILES string of the molecule is CCOc1ccc(NC(=S)Nc2cc([N+](=O)[O-])ccc2Cl)cc1. The highest BCUT2D eigenvalue weighted by atomic mass is 35.5. The van der Waals surface area contributed by atoms with Crippen molar-refractivity contribution in [3.63, 3.8) is 0 Å². The summed E-state index contributed by atoms with van der Waals surface area (Å²) in [6, 6.07) is 11.4. The van der Waals surface area contributed by atoms with Crippen LogP contribution in [0.1, 0.15) is 6.92 Å². The first kappa shape index (κ1) is 17.0. The molecule has 120 valence electrons. The molecule has 0 saturated heterocycles. The minimum absolute atomic E-state index is 0.0687. The zero-order valence-corrected chi connectivity index (χ0v) is 13.8. The molecule has 2 aromatic carbocycles. The van der Waals surface area contributed by atoms with E-state index < -0.39 is 4.92 Å². The highest BCUT2D eigenvalue weighted by Gasteiger charge is 2.10. The topological polar surface area (TPSA) is 76.4 Å². The standard InChI is InChI=1S/C15H14ClN3O3S/c1-2-22-12-6-3-10(4-7-12)17-15(23)18-14-9-11(19(20)21)5-8-13(14)16/h3-9H,2H2,1H3,(H2,17,18,23). The highest BCUT2D eigenvalue weighted by Crippen LogP contribution is 2.27. The van der Waals surface area contributed by atoms with Gasteiger partial charge in [-0.1, -0.05) is 11.6 Å². The first-order valence-electron chi connectivity index (χ1n) is 6.74. The fourth-order valence-electron chi connectivity index (χ4n) is 1.81. The Morgan fingerprint density at radius 1 is 1.26 bits per heavy atom. The van der Waals surface area contributed by atoms with Gasteiger partial charge in [0.25, 0.3) is 5.69 Å². The molecule has 0 aliphatic rings. The van der Waals surface area contributed by atoms with Gasteiger partial charge in [0.05, 0.1) is 22.2 Å². The molecule has 2 rings (SSSR count). The van der Waals surface area contributed by atoms with Crippen LogP contribution in [-0.4, -0.2) is 16.6 Å². The lowest BCUT2D eigenvalue weighted by atomic mass is 10.3. The summed E-state index contributed by atoms with van der Waals surface area (Å²) in [5.74, 6) is 0.763. The number of ether oxygens (including phenoxy) is 1. The van der Waals surface area contributed by atoms with Crippen molar-refractivity contribution in [1.82, 2.24) is 0 Å². The zero-order valence-electron chi connectivity index (χ0n) is 12.2. The van der Waals surface area contributed by atoms with E-state index in [4.69, 9.17) is 28.6 Å². The molecule has 8 heteroatoms. The predicted molar refractivity (Wildman–Crippen MR) is 95.6 cm³/mol. The van der Waals surface area contributed by atoms with E-state index in [2.05, 4.69) is 10.6 Å². The first-order chi connectivity index (χ1) is 11.0. The van der Waals surface area contributed by atoms with Crippen LogP contribution in [0.4, 0.5) is 17.1 Å². The minimum atomic E-state index is -0.496. The normalized spacial score (nSPS) is 10.0. The van der Waals surface area contributed by atoms with Crippen molar-refractivity contribution in [1.29, 1.82) is 0 Å². The highest BCUT2D eigenvalue weighted by molar-refractivity contribution is 7.80. The number of halogens is 1. The molecule has 0 aromatic heterocycles. The van der Waals surface area contributed by atoms with Crippen molar-refractivity contribution in [2.45, 2.75) is 6.92 Å². The maximum absolute atomic E-state index is 10.8. The molecule has 23 heavy (non-hydrogen) atoms. The van der Waals surface area contributed by atoms with Crippen LogP contribution in [-0.2, 0) is 0 Å². The molecule has 0 aliphatic heterocycles. The number of hydrogen-bond donors (Lipinski definition) is 2. The van der Waals surface area contributed by atoms with Crippen molar-refractivity contribution in [2.24, 2.45) is 0 Å². The van der Waals surface area contributed by atoms with Crippen LogP contribution in [0.25, 0.3) is 0 Å². The second-order valence-corrected chi connectivity index (χ2v) is 5.27. The average Bonchev–Trinajstić information content (AvgIpc) is 2.51. The van der Waals surface area contributed by atoms with Crippen molar-refractivity contribution in [2.75, 3.05) is 17.2 Å². The molecule has 0 saturated carbocycles. The molecule has 0 radical (unpaired) electrons. The Hall–Kier alpha value is -2.38. The largest absolute Gasteiger partial charge is 0.494 e. The van der Waals surface area contributed by atoms with Crippen LogP contribution >= 0.6 is 23.8 Å². The van der Waals surface area contributed by atoms with Crippen LogP contribution in [0.5, 0.6) is 5.75 Å². The summed E-state index contributed by atoms with van der Waals surface area (Å²) in [4.78, 5) is 10.3. The fourth-order valence-corrected chi connectivity index (χ4v) is 2.20. The Balaban J connectivity index is 2.04. The summed E-state index contributed by atoms with van der Waals surface area (Å²) in [6.07, 6.45) is 0. The molecule has 0 unspecified atom stereocenters. The molecule has 0 spiro atoms. The van der Waals surface area contributed by atoms with Gasteiger partial charge < -0.3 is 15.4 Å². The van der Waals surface area contributed by atoms with Crippen molar-refractivity contribution >= 4 is 46.0 Å². The van der Waals surface area contributed by atoms with Gasteiger partial charge in [-0.25, -0.2) is 0 Å². The second kappa shape index (κ2) is 7.75. The van der Waals surface area contributed by atoms with Gasteiger partial charge in [-0.05, 0) is 49.5 Å². The first-order valence-corrected chi connectivity index (χ1v) is 7.53. The van der Waals surface area contributed by atoms with Gasteiger partial charge >= 0.3 is 0 Å². The number of nitro benzene ring substituents is 1. The third kappa shape index (κ3) is 4.80. The van der Waals surface area contributed by atoms with Gasteiger partial charge in [-0.2, -0.15) is 0 Å². The number of nitro groups is 1. The summed E-state index contributed by atoms with van der Waals surface area (Å²) in [5, 5.41) is 17.2. The van der Waals surface area contributed by atoms with Gasteiger partial charge in [0.1, 0.15) is 5.75 Å². The molecule has 0 atom stereocenters. The number of rotatable bonds is 5. The molecule has 0 bridgehead atoms. The van der Waals surface area contributed by atoms with E-state index >= 15 is 0 Å². The van der Waals surface area contributed by atoms with E-state index in [1.807, 2.05) is 31.2 Å². The molecule has 2 N–H and O–H groups in total. The van der Waals surface area contributed by atoms with Crippen LogP contribution in [0.3, 0.4) is 0 Å². The number of benzene rings is 2. The Kier molecular flexibility index (Phi) is 5.72. The summed E-state index contributed by atoms with van der Waals surface area (Å²) in [5.41, 5.74) is 1.05. The number of anilines is 2.